The van der Waals surface area contributed by atoms with Crippen molar-refractivity contribution in [1.82, 2.24) is 5.32 Å². The van der Waals surface area contributed by atoms with Gasteiger partial charge in [0, 0.05) is 6.42 Å². The molecule has 110 valence electrons. The first-order valence-corrected chi connectivity index (χ1v) is 6.01. The highest BCUT2D eigenvalue weighted by molar-refractivity contribution is 5.75. The molecule has 0 saturated heterocycles. The van der Waals surface area contributed by atoms with Gasteiger partial charge in [0.2, 0.25) is 0 Å². The zero-order valence-electron chi connectivity index (χ0n) is 10.5. The normalized spacial score (nSPS) is 13.7. The van der Waals surface area contributed by atoms with Crippen molar-refractivity contribution in [3.8, 4) is 0 Å². The highest BCUT2D eigenvalue weighted by atomic mass is 16.4. The van der Waals surface area contributed by atoms with Gasteiger partial charge < -0.3 is 26.4 Å². The number of nitrogens with two attached hydrogens (primary N) is 1. The Bertz CT molecular complexity index is 320. The molecule has 19 heavy (non-hydrogen) atoms. The lowest BCUT2D eigenvalue weighted by Crippen LogP contribution is -2.37. The van der Waals surface area contributed by atoms with Gasteiger partial charge in [0.05, 0.1) is 0 Å². The van der Waals surface area contributed by atoms with Gasteiger partial charge in [-0.25, -0.2) is 0 Å². The summed E-state index contributed by atoms with van der Waals surface area (Å²) in [7, 11) is 0. The van der Waals surface area contributed by atoms with Crippen LogP contribution in [0.5, 0.6) is 0 Å². The predicted octanol–water partition coefficient (Wildman–Crippen LogP) is -0.524. The number of rotatable bonds is 11. The van der Waals surface area contributed by atoms with Crippen molar-refractivity contribution < 1.29 is 29.7 Å². The first kappa shape index (κ1) is 17.3. The van der Waals surface area contributed by atoms with Crippen LogP contribution in [0.15, 0.2) is 0 Å². The molecule has 1 unspecified atom stereocenters. The van der Waals surface area contributed by atoms with Gasteiger partial charge in [-0.15, -0.1) is 0 Å². The summed E-state index contributed by atoms with van der Waals surface area (Å²) in [6, 6.07) is -1.80. The Hall–Kier alpha value is -1.67. The minimum atomic E-state index is -1.09. The van der Waals surface area contributed by atoms with E-state index in [2.05, 4.69) is 5.32 Å². The molecule has 8 heteroatoms. The molecule has 0 radical (unpaired) electrons. The van der Waals surface area contributed by atoms with Crippen LogP contribution in [0.3, 0.4) is 0 Å². The molecule has 0 aromatic carbocycles. The van der Waals surface area contributed by atoms with E-state index in [-0.39, 0.29) is 12.8 Å². The molecule has 0 aliphatic rings. The van der Waals surface area contributed by atoms with E-state index in [1.54, 1.807) is 0 Å². The molecule has 0 aromatic rings. The standard InChI is InChI=1S/C11H20N2O6/c12-7(10(16)17)3-1-2-6-13-8(11(18)19)4-5-9(14)15/h7-8,13H,1-6,12H2,(H,14,15)(H,16,17)(H,18,19)/t7?,8-/m0/s1. The van der Waals surface area contributed by atoms with Crippen LogP contribution >= 0.6 is 0 Å². The third kappa shape index (κ3) is 8.97. The monoisotopic (exact) mass is 276 g/mol. The summed E-state index contributed by atoms with van der Waals surface area (Å²) in [5.74, 6) is -3.19. The molecule has 2 atom stereocenters. The largest absolute Gasteiger partial charge is 0.481 e. The maximum Gasteiger partial charge on any atom is 0.320 e. The quantitative estimate of drug-likeness (QED) is 0.316. The fraction of sp³-hybridized carbons (Fsp3) is 0.727. The zero-order valence-corrected chi connectivity index (χ0v) is 10.5. The number of carboxylic acid groups (broad SMARTS) is 3. The number of carbonyl (C=O) groups is 3. The molecule has 0 fully saturated rings. The number of hydrogen-bond donors (Lipinski definition) is 5. The maximum absolute atomic E-state index is 10.8. The SMILES string of the molecule is NC(CCCCN[C@@H](CCC(=O)O)C(=O)O)C(=O)O. The van der Waals surface area contributed by atoms with Crippen LogP contribution in [0.25, 0.3) is 0 Å². The molecule has 6 N–H and O–H groups in total. The fourth-order valence-corrected chi connectivity index (χ4v) is 1.47. The van der Waals surface area contributed by atoms with E-state index < -0.39 is 30.0 Å². The van der Waals surface area contributed by atoms with E-state index in [0.29, 0.717) is 25.8 Å². The van der Waals surface area contributed by atoms with Gasteiger partial charge in [0.1, 0.15) is 12.1 Å². The lowest BCUT2D eigenvalue weighted by Gasteiger charge is -2.13. The topological polar surface area (TPSA) is 150 Å². The molecular formula is C11H20N2O6. The Morgan fingerprint density at radius 3 is 2.11 bits per heavy atom. The van der Waals surface area contributed by atoms with Crippen LogP contribution in [0.4, 0.5) is 0 Å². The predicted molar refractivity (Wildman–Crippen MR) is 65.8 cm³/mol. The number of hydrogen-bond acceptors (Lipinski definition) is 5. The summed E-state index contributed by atoms with van der Waals surface area (Å²) in [6.45, 7) is 0.378. The zero-order chi connectivity index (χ0) is 14.8. The second-order valence-corrected chi connectivity index (χ2v) is 4.22. The minimum absolute atomic E-state index is 0.0132. The molecule has 8 nitrogen and oxygen atoms in total. The average Bonchev–Trinajstić information content (AvgIpc) is 2.31. The maximum atomic E-state index is 10.8. The Kier molecular flexibility index (Phi) is 8.47. The van der Waals surface area contributed by atoms with Crippen LogP contribution in [-0.4, -0.2) is 51.9 Å². The van der Waals surface area contributed by atoms with Gasteiger partial charge in [-0.3, -0.25) is 14.4 Å². The second-order valence-electron chi connectivity index (χ2n) is 4.22. The van der Waals surface area contributed by atoms with Crippen molar-refractivity contribution in [1.29, 1.82) is 0 Å². The van der Waals surface area contributed by atoms with Gasteiger partial charge in [0.25, 0.3) is 0 Å². The van der Waals surface area contributed by atoms with Gasteiger partial charge in [-0.05, 0) is 25.8 Å². The third-order valence-electron chi connectivity index (χ3n) is 2.59. The first-order chi connectivity index (χ1) is 8.84. The van der Waals surface area contributed by atoms with E-state index in [1.165, 1.54) is 0 Å². The molecule has 0 amide bonds. The van der Waals surface area contributed by atoms with Crippen LogP contribution in [-0.2, 0) is 14.4 Å². The lowest BCUT2D eigenvalue weighted by molar-refractivity contribution is -0.141. The fourth-order valence-electron chi connectivity index (χ4n) is 1.47. The number of aliphatic carboxylic acids is 3. The highest BCUT2D eigenvalue weighted by Crippen LogP contribution is 2.01. The number of nitrogens with one attached hydrogen (secondary N) is 1. The Morgan fingerprint density at radius 1 is 1.00 bits per heavy atom. The van der Waals surface area contributed by atoms with Crippen LogP contribution in [0.1, 0.15) is 32.1 Å². The number of carboxylic acids is 3. The molecule has 0 saturated carbocycles. The molecule has 0 bridgehead atoms. The van der Waals surface area contributed by atoms with Crippen molar-refractivity contribution in [3.63, 3.8) is 0 Å². The summed E-state index contributed by atoms with van der Waals surface area (Å²) in [4.78, 5) is 31.6. The molecule has 0 aliphatic heterocycles. The van der Waals surface area contributed by atoms with Gasteiger partial charge >= 0.3 is 17.9 Å². The molecule has 0 aromatic heterocycles. The van der Waals surface area contributed by atoms with Crippen molar-refractivity contribution in [2.45, 2.75) is 44.2 Å². The smallest absolute Gasteiger partial charge is 0.320 e. The molecule has 0 heterocycles. The molecule has 0 aliphatic carbocycles. The Morgan fingerprint density at radius 2 is 1.63 bits per heavy atom. The van der Waals surface area contributed by atoms with E-state index in [4.69, 9.17) is 21.1 Å². The molecule has 0 spiro atoms. The summed E-state index contributed by atoms with van der Waals surface area (Å²) < 4.78 is 0. The van der Waals surface area contributed by atoms with E-state index in [9.17, 15) is 14.4 Å². The summed E-state index contributed by atoms with van der Waals surface area (Å²) in [5, 5.41) is 28.6. The second kappa shape index (κ2) is 9.29. The van der Waals surface area contributed by atoms with E-state index in [1.807, 2.05) is 0 Å². The van der Waals surface area contributed by atoms with Crippen LogP contribution in [0, 0.1) is 0 Å². The van der Waals surface area contributed by atoms with Crippen molar-refractivity contribution >= 4 is 17.9 Å². The van der Waals surface area contributed by atoms with E-state index >= 15 is 0 Å². The third-order valence-corrected chi connectivity index (χ3v) is 2.59. The van der Waals surface area contributed by atoms with Crippen molar-refractivity contribution in [2.24, 2.45) is 5.73 Å². The Labute approximate surface area is 110 Å². The summed E-state index contributed by atoms with van der Waals surface area (Å²) in [5.41, 5.74) is 5.31. The highest BCUT2D eigenvalue weighted by Gasteiger charge is 2.17. The van der Waals surface area contributed by atoms with Gasteiger partial charge in [0.15, 0.2) is 0 Å². The van der Waals surface area contributed by atoms with Gasteiger partial charge in [-0.1, -0.05) is 6.42 Å². The summed E-state index contributed by atoms with van der Waals surface area (Å²) >= 11 is 0. The molecular weight excluding hydrogens is 256 g/mol. The van der Waals surface area contributed by atoms with Crippen LogP contribution < -0.4 is 11.1 Å². The first-order valence-electron chi connectivity index (χ1n) is 6.01. The number of unbranched alkanes of at least 4 members (excludes halogenated alkanes) is 1. The van der Waals surface area contributed by atoms with Crippen LogP contribution in [0.2, 0.25) is 0 Å². The molecule has 0 rings (SSSR count). The average molecular weight is 276 g/mol. The van der Waals surface area contributed by atoms with Gasteiger partial charge in [-0.2, -0.15) is 0 Å². The van der Waals surface area contributed by atoms with Crippen molar-refractivity contribution in [2.75, 3.05) is 6.54 Å². The van der Waals surface area contributed by atoms with E-state index in [0.717, 1.165) is 0 Å². The Balaban J connectivity index is 3.78. The minimum Gasteiger partial charge on any atom is -0.481 e. The lowest BCUT2D eigenvalue weighted by atomic mass is 10.1. The summed E-state index contributed by atoms with van der Waals surface area (Å²) in [6.07, 6.45) is 1.26. The van der Waals surface area contributed by atoms with Crippen molar-refractivity contribution in [3.05, 3.63) is 0 Å².